The first-order valence-corrected chi connectivity index (χ1v) is 6.38. The van der Waals surface area contributed by atoms with E-state index in [1.165, 1.54) is 12.1 Å². The van der Waals surface area contributed by atoms with Crippen molar-refractivity contribution in [1.29, 1.82) is 0 Å². The first-order valence-electron chi connectivity index (χ1n) is 6.38. The van der Waals surface area contributed by atoms with E-state index in [4.69, 9.17) is 0 Å². The number of nitrogens with one attached hydrogen (secondary N) is 1. The maximum absolute atomic E-state index is 12.8. The Morgan fingerprint density at radius 3 is 2.55 bits per heavy atom. The summed E-state index contributed by atoms with van der Waals surface area (Å²) in [6.45, 7) is 2.40. The molecule has 1 N–H and O–H groups in total. The molecular weight excluding hydrogens is 255 g/mol. The molecule has 4 heteroatoms. The predicted molar refractivity (Wildman–Crippen MR) is 78.1 cm³/mol. The molecule has 2 aromatic rings. The molecule has 104 valence electrons. The Morgan fingerprint density at radius 2 is 1.90 bits per heavy atom. The summed E-state index contributed by atoms with van der Waals surface area (Å²) in [5.74, 6) is -0.277. The highest BCUT2D eigenvalue weighted by molar-refractivity contribution is 5.89. The van der Waals surface area contributed by atoms with Crippen LogP contribution in [-0.4, -0.2) is 18.0 Å². The van der Waals surface area contributed by atoms with Crippen LogP contribution in [0.5, 0.6) is 0 Å². The van der Waals surface area contributed by atoms with Gasteiger partial charge in [0, 0.05) is 19.3 Å². The van der Waals surface area contributed by atoms with E-state index in [-0.39, 0.29) is 11.8 Å². The number of benzene rings is 2. The van der Waals surface area contributed by atoms with Crippen molar-refractivity contribution in [3.05, 3.63) is 65.5 Å². The number of amides is 2. The largest absolute Gasteiger partial charge is 0.323 e. The third-order valence-corrected chi connectivity index (χ3v) is 2.95. The van der Waals surface area contributed by atoms with Gasteiger partial charge < -0.3 is 10.2 Å². The van der Waals surface area contributed by atoms with Gasteiger partial charge in [-0.15, -0.1) is 0 Å². The van der Waals surface area contributed by atoms with E-state index in [9.17, 15) is 9.18 Å². The van der Waals surface area contributed by atoms with Gasteiger partial charge in [0.05, 0.1) is 0 Å². The number of halogens is 1. The fourth-order valence-electron chi connectivity index (χ4n) is 1.88. The van der Waals surface area contributed by atoms with Crippen LogP contribution >= 0.6 is 0 Å². The molecule has 0 aromatic heterocycles. The average Bonchev–Trinajstić information content (AvgIpc) is 2.41. The Hall–Kier alpha value is -2.36. The van der Waals surface area contributed by atoms with Crippen LogP contribution < -0.4 is 5.32 Å². The molecule has 0 saturated carbocycles. The zero-order valence-corrected chi connectivity index (χ0v) is 11.6. The summed E-state index contributed by atoms with van der Waals surface area (Å²) < 4.78 is 12.8. The summed E-state index contributed by atoms with van der Waals surface area (Å²) in [6, 6.07) is 13.5. The number of hydrogen-bond donors (Lipinski definition) is 1. The molecule has 2 aromatic carbocycles. The third kappa shape index (κ3) is 3.82. The summed E-state index contributed by atoms with van der Waals surface area (Å²) in [6.07, 6.45) is 0. The van der Waals surface area contributed by atoms with E-state index in [2.05, 4.69) is 5.32 Å². The van der Waals surface area contributed by atoms with Gasteiger partial charge in [0.1, 0.15) is 5.82 Å². The minimum atomic E-state index is -0.277. The second-order valence-electron chi connectivity index (χ2n) is 4.78. The lowest BCUT2D eigenvalue weighted by molar-refractivity contribution is 0.220. The number of anilines is 1. The van der Waals surface area contributed by atoms with Crippen LogP contribution in [0.3, 0.4) is 0 Å². The van der Waals surface area contributed by atoms with Crippen LogP contribution in [0.25, 0.3) is 0 Å². The fourth-order valence-corrected chi connectivity index (χ4v) is 1.88. The minimum absolute atomic E-state index is 0.195. The number of rotatable bonds is 3. The van der Waals surface area contributed by atoms with E-state index in [1.54, 1.807) is 24.1 Å². The van der Waals surface area contributed by atoms with Gasteiger partial charge in [-0.2, -0.15) is 0 Å². The van der Waals surface area contributed by atoms with Crippen molar-refractivity contribution in [2.45, 2.75) is 13.5 Å². The first kappa shape index (κ1) is 14.1. The summed E-state index contributed by atoms with van der Waals surface area (Å²) in [5, 5.41) is 2.83. The van der Waals surface area contributed by atoms with E-state index in [0.717, 1.165) is 16.8 Å². The summed E-state index contributed by atoms with van der Waals surface area (Å²) in [4.78, 5) is 13.6. The second kappa shape index (κ2) is 6.19. The predicted octanol–water partition coefficient (Wildman–Crippen LogP) is 3.80. The van der Waals surface area contributed by atoms with Crippen LogP contribution in [0.1, 0.15) is 11.1 Å². The monoisotopic (exact) mass is 272 g/mol. The third-order valence-electron chi connectivity index (χ3n) is 2.95. The molecule has 0 aliphatic heterocycles. The molecule has 0 saturated heterocycles. The lowest BCUT2D eigenvalue weighted by Gasteiger charge is -2.18. The lowest BCUT2D eigenvalue weighted by Crippen LogP contribution is -2.30. The van der Waals surface area contributed by atoms with Gasteiger partial charge in [0.25, 0.3) is 0 Å². The Morgan fingerprint density at radius 1 is 1.20 bits per heavy atom. The molecular formula is C16H17FN2O. The molecule has 2 rings (SSSR count). The Bertz CT molecular complexity index is 596. The molecule has 0 fully saturated rings. The van der Waals surface area contributed by atoms with Gasteiger partial charge in [0.15, 0.2) is 0 Å². The van der Waals surface area contributed by atoms with E-state index in [0.29, 0.717) is 6.54 Å². The van der Waals surface area contributed by atoms with Crippen LogP contribution in [0.15, 0.2) is 48.5 Å². The molecule has 0 aliphatic carbocycles. The number of aryl methyl sites for hydroxylation is 1. The van der Waals surface area contributed by atoms with E-state index >= 15 is 0 Å². The highest BCUT2D eigenvalue weighted by Crippen LogP contribution is 2.11. The zero-order valence-electron chi connectivity index (χ0n) is 11.6. The summed E-state index contributed by atoms with van der Waals surface area (Å²) in [5.41, 5.74) is 2.73. The number of nitrogens with zero attached hydrogens (tertiary/aromatic N) is 1. The fraction of sp³-hybridized carbons (Fsp3) is 0.188. The molecule has 0 heterocycles. The number of carbonyl (C=O) groups is 1. The molecule has 0 aliphatic rings. The Labute approximate surface area is 118 Å². The molecule has 0 bridgehead atoms. The molecule has 0 atom stereocenters. The van der Waals surface area contributed by atoms with Gasteiger partial charge in [0.2, 0.25) is 0 Å². The maximum atomic E-state index is 12.8. The number of urea groups is 1. The van der Waals surface area contributed by atoms with Gasteiger partial charge in [-0.05, 0) is 42.3 Å². The van der Waals surface area contributed by atoms with Crippen molar-refractivity contribution in [2.75, 3.05) is 12.4 Å². The van der Waals surface area contributed by atoms with Gasteiger partial charge in [-0.3, -0.25) is 0 Å². The summed E-state index contributed by atoms with van der Waals surface area (Å²) in [7, 11) is 1.70. The standard InChI is InChI=1S/C16H17FN2O/c1-12-4-3-5-15(10-12)18-16(20)19(2)11-13-6-8-14(17)9-7-13/h3-10H,11H2,1-2H3,(H,18,20). The summed E-state index contributed by atoms with van der Waals surface area (Å²) >= 11 is 0. The highest BCUT2D eigenvalue weighted by atomic mass is 19.1. The van der Waals surface area contributed by atoms with Crippen molar-refractivity contribution in [3.8, 4) is 0 Å². The van der Waals surface area contributed by atoms with Crippen LogP contribution in [0, 0.1) is 12.7 Å². The van der Waals surface area contributed by atoms with Gasteiger partial charge in [-0.1, -0.05) is 24.3 Å². The SMILES string of the molecule is Cc1cccc(NC(=O)N(C)Cc2ccc(F)cc2)c1. The molecule has 2 amide bonds. The average molecular weight is 272 g/mol. The van der Waals surface area contributed by atoms with Gasteiger partial charge in [-0.25, -0.2) is 9.18 Å². The van der Waals surface area contributed by atoms with Crippen molar-refractivity contribution in [1.82, 2.24) is 4.90 Å². The topological polar surface area (TPSA) is 32.3 Å². The Kier molecular flexibility index (Phi) is 4.35. The molecule has 20 heavy (non-hydrogen) atoms. The Balaban J connectivity index is 1.96. The van der Waals surface area contributed by atoms with Crippen LogP contribution in [0.4, 0.5) is 14.9 Å². The minimum Gasteiger partial charge on any atom is -0.323 e. The highest BCUT2D eigenvalue weighted by Gasteiger charge is 2.09. The molecule has 0 radical (unpaired) electrons. The number of hydrogen-bond acceptors (Lipinski definition) is 1. The van der Waals surface area contributed by atoms with Crippen molar-refractivity contribution in [3.63, 3.8) is 0 Å². The maximum Gasteiger partial charge on any atom is 0.321 e. The first-order chi connectivity index (χ1) is 9.54. The van der Waals surface area contributed by atoms with Crippen LogP contribution in [0.2, 0.25) is 0 Å². The lowest BCUT2D eigenvalue weighted by atomic mass is 10.2. The number of carbonyl (C=O) groups excluding carboxylic acids is 1. The van der Waals surface area contributed by atoms with Gasteiger partial charge >= 0.3 is 6.03 Å². The quantitative estimate of drug-likeness (QED) is 0.905. The van der Waals surface area contributed by atoms with E-state index in [1.807, 2.05) is 31.2 Å². The van der Waals surface area contributed by atoms with E-state index < -0.39 is 0 Å². The molecule has 3 nitrogen and oxygen atoms in total. The van der Waals surface area contributed by atoms with Crippen molar-refractivity contribution >= 4 is 11.7 Å². The van der Waals surface area contributed by atoms with Crippen LogP contribution in [-0.2, 0) is 6.54 Å². The smallest absolute Gasteiger partial charge is 0.321 e. The molecule has 0 unspecified atom stereocenters. The normalized spacial score (nSPS) is 10.2. The van der Waals surface area contributed by atoms with Crippen molar-refractivity contribution < 1.29 is 9.18 Å². The second-order valence-corrected chi connectivity index (χ2v) is 4.78. The zero-order chi connectivity index (χ0) is 14.5. The molecule has 0 spiro atoms. The van der Waals surface area contributed by atoms with Crippen molar-refractivity contribution in [2.24, 2.45) is 0 Å².